The molecule has 0 aliphatic carbocycles. The van der Waals surface area contributed by atoms with Crippen molar-refractivity contribution in [2.24, 2.45) is 0 Å². The number of carboxylic acid groups (broad SMARTS) is 1. The second-order valence-electron chi connectivity index (χ2n) is 3.81. The third-order valence-corrected chi connectivity index (χ3v) is 2.75. The average molecular weight is 227 g/mol. The summed E-state index contributed by atoms with van der Waals surface area (Å²) in [5.41, 5.74) is -0.249. The van der Waals surface area contributed by atoms with Crippen LogP contribution >= 0.6 is 0 Å². The summed E-state index contributed by atoms with van der Waals surface area (Å²) in [6.07, 6.45) is 1.64. The lowest BCUT2D eigenvalue weighted by molar-refractivity contribution is 0.0691. The second kappa shape index (κ2) is 4.17. The van der Waals surface area contributed by atoms with Crippen molar-refractivity contribution in [2.45, 2.75) is 18.9 Å². The van der Waals surface area contributed by atoms with Crippen LogP contribution < -0.4 is 5.32 Å². The zero-order chi connectivity index (χ0) is 11.7. The molecule has 0 bridgehead atoms. The molecule has 1 aliphatic heterocycles. The van der Waals surface area contributed by atoms with E-state index < -0.39 is 23.2 Å². The molecule has 86 valence electrons. The van der Waals surface area contributed by atoms with Crippen molar-refractivity contribution in [3.05, 3.63) is 34.9 Å². The molecule has 1 unspecified atom stereocenters. The predicted molar refractivity (Wildman–Crippen MR) is 53.3 cm³/mol. The number of carboxylic acids is 1. The van der Waals surface area contributed by atoms with Crippen molar-refractivity contribution >= 4 is 5.97 Å². The van der Waals surface area contributed by atoms with Gasteiger partial charge in [-0.25, -0.2) is 13.6 Å². The van der Waals surface area contributed by atoms with Crippen LogP contribution in [-0.2, 0) is 0 Å². The van der Waals surface area contributed by atoms with E-state index in [0.29, 0.717) is 6.07 Å². The Balaban J connectivity index is 2.44. The van der Waals surface area contributed by atoms with Gasteiger partial charge in [0, 0.05) is 17.7 Å². The molecule has 2 N–H and O–H groups in total. The second-order valence-corrected chi connectivity index (χ2v) is 3.81. The maximum absolute atomic E-state index is 13.5. The van der Waals surface area contributed by atoms with E-state index >= 15 is 0 Å². The molecule has 1 saturated heterocycles. The zero-order valence-electron chi connectivity index (χ0n) is 8.46. The number of hydrogen-bond donors (Lipinski definition) is 2. The average Bonchev–Trinajstić information content (AvgIpc) is 2.70. The molecule has 5 heteroatoms. The van der Waals surface area contributed by atoms with E-state index in [1.54, 1.807) is 0 Å². The first-order valence-electron chi connectivity index (χ1n) is 5.05. The van der Waals surface area contributed by atoms with Crippen molar-refractivity contribution in [1.82, 2.24) is 5.32 Å². The van der Waals surface area contributed by atoms with E-state index in [-0.39, 0.29) is 11.6 Å². The summed E-state index contributed by atoms with van der Waals surface area (Å²) >= 11 is 0. The summed E-state index contributed by atoms with van der Waals surface area (Å²) in [6, 6.07) is 1.51. The van der Waals surface area contributed by atoms with Crippen LogP contribution in [0.15, 0.2) is 12.1 Å². The number of halogens is 2. The lowest BCUT2D eigenvalue weighted by Crippen LogP contribution is -2.16. The molecule has 16 heavy (non-hydrogen) atoms. The molecule has 3 nitrogen and oxygen atoms in total. The number of hydrogen-bond acceptors (Lipinski definition) is 2. The van der Waals surface area contributed by atoms with Gasteiger partial charge in [0.15, 0.2) is 0 Å². The highest BCUT2D eigenvalue weighted by molar-refractivity contribution is 5.88. The summed E-state index contributed by atoms with van der Waals surface area (Å²) in [7, 11) is 0. The molecule has 1 aromatic carbocycles. The summed E-state index contributed by atoms with van der Waals surface area (Å²) in [5, 5.41) is 11.8. The minimum absolute atomic E-state index is 0.210. The normalized spacial score (nSPS) is 20.0. The molecule has 0 saturated carbocycles. The topological polar surface area (TPSA) is 49.3 Å². The smallest absolute Gasteiger partial charge is 0.338 e. The Bertz CT molecular complexity index is 428. The highest BCUT2D eigenvalue weighted by Gasteiger charge is 2.23. The molecule has 1 aromatic rings. The lowest BCUT2D eigenvalue weighted by Gasteiger charge is -2.12. The van der Waals surface area contributed by atoms with Gasteiger partial charge >= 0.3 is 5.97 Å². The van der Waals surface area contributed by atoms with Gasteiger partial charge < -0.3 is 10.4 Å². The van der Waals surface area contributed by atoms with Crippen molar-refractivity contribution in [3.63, 3.8) is 0 Å². The fourth-order valence-corrected chi connectivity index (χ4v) is 1.95. The van der Waals surface area contributed by atoms with Crippen LogP contribution in [-0.4, -0.2) is 17.6 Å². The van der Waals surface area contributed by atoms with Gasteiger partial charge in [-0.1, -0.05) is 0 Å². The van der Waals surface area contributed by atoms with Crippen LogP contribution in [0.2, 0.25) is 0 Å². The van der Waals surface area contributed by atoms with Gasteiger partial charge in [0.25, 0.3) is 0 Å². The zero-order valence-corrected chi connectivity index (χ0v) is 8.46. The van der Waals surface area contributed by atoms with Crippen LogP contribution in [0, 0.1) is 11.6 Å². The van der Waals surface area contributed by atoms with Crippen molar-refractivity contribution in [1.29, 1.82) is 0 Å². The Labute approximate surface area is 91.1 Å². The quantitative estimate of drug-likeness (QED) is 0.813. The van der Waals surface area contributed by atoms with E-state index in [1.165, 1.54) is 0 Å². The fraction of sp³-hybridized carbons (Fsp3) is 0.364. The summed E-state index contributed by atoms with van der Waals surface area (Å²) in [4.78, 5) is 10.7. The van der Waals surface area contributed by atoms with Crippen LogP contribution in [0.5, 0.6) is 0 Å². The Hall–Kier alpha value is -1.49. The first kappa shape index (κ1) is 11.0. The number of nitrogens with one attached hydrogen (secondary N) is 1. The first-order chi connectivity index (χ1) is 7.59. The number of aromatic carboxylic acids is 1. The lowest BCUT2D eigenvalue weighted by atomic mass is 10.0. The third kappa shape index (κ3) is 1.90. The molecule has 1 fully saturated rings. The molecule has 0 aromatic heterocycles. The predicted octanol–water partition coefficient (Wildman–Crippen LogP) is 2.09. The van der Waals surface area contributed by atoms with Gasteiger partial charge in [-0.2, -0.15) is 0 Å². The van der Waals surface area contributed by atoms with Crippen LogP contribution in [0.25, 0.3) is 0 Å². The highest BCUT2D eigenvalue weighted by atomic mass is 19.1. The van der Waals surface area contributed by atoms with Crippen molar-refractivity contribution in [3.8, 4) is 0 Å². The van der Waals surface area contributed by atoms with E-state index in [1.807, 2.05) is 0 Å². The van der Waals surface area contributed by atoms with E-state index in [4.69, 9.17) is 5.11 Å². The standard InChI is InChI=1S/C11H11F2NO2/c12-8-5-9(13)7(11(15)16)4-6(8)10-2-1-3-14-10/h4-5,10,14H,1-3H2,(H,15,16). The van der Waals surface area contributed by atoms with E-state index in [9.17, 15) is 13.6 Å². The van der Waals surface area contributed by atoms with Gasteiger partial charge in [-0.05, 0) is 25.5 Å². The number of carbonyl (C=O) groups is 1. The molecule has 0 amide bonds. The van der Waals surface area contributed by atoms with Crippen molar-refractivity contribution in [2.75, 3.05) is 6.54 Å². The molecule has 1 heterocycles. The molecule has 2 rings (SSSR count). The number of rotatable bonds is 2. The SMILES string of the molecule is O=C(O)c1cc(C2CCCN2)c(F)cc1F. The molecular weight excluding hydrogens is 216 g/mol. The summed E-state index contributed by atoms with van der Waals surface area (Å²) in [6.45, 7) is 0.768. The van der Waals surface area contributed by atoms with Gasteiger partial charge in [0.05, 0.1) is 5.56 Å². The molecule has 0 spiro atoms. The van der Waals surface area contributed by atoms with Gasteiger partial charge in [0.2, 0.25) is 0 Å². The Morgan fingerprint density at radius 1 is 1.38 bits per heavy atom. The first-order valence-corrected chi connectivity index (χ1v) is 5.05. The van der Waals surface area contributed by atoms with Gasteiger partial charge in [0.1, 0.15) is 11.6 Å². The van der Waals surface area contributed by atoms with Crippen LogP contribution in [0.1, 0.15) is 34.8 Å². The van der Waals surface area contributed by atoms with Crippen LogP contribution in [0.4, 0.5) is 8.78 Å². The van der Waals surface area contributed by atoms with Crippen molar-refractivity contribution < 1.29 is 18.7 Å². The highest BCUT2D eigenvalue weighted by Crippen LogP contribution is 2.27. The Morgan fingerprint density at radius 2 is 2.12 bits per heavy atom. The number of benzene rings is 1. The molecule has 0 radical (unpaired) electrons. The Kier molecular flexibility index (Phi) is 2.87. The van der Waals surface area contributed by atoms with E-state index in [0.717, 1.165) is 25.5 Å². The van der Waals surface area contributed by atoms with E-state index in [2.05, 4.69) is 5.32 Å². The summed E-state index contributed by atoms with van der Waals surface area (Å²) < 4.78 is 26.6. The maximum atomic E-state index is 13.5. The molecule has 1 atom stereocenters. The summed E-state index contributed by atoms with van der Waals surface area (Å²) in [5.74, 6) is -3.11. The monoisotopic (exact) mass is 227 g/mol. The minimum atomic E-state index is -1.38. The van der Waals surface area contributed by atoms with Gasteiger partial charge in [-0.3, -0.25) is 0 Å². The van der Waals surface area contributed by atoms with Crippen LogP contribution in [0.3, 0.4) is 0 Å². The Morgan fingerprint density at radius 3 is 2.69 bits per heavy atom. The minimum Gasteiger partial charge on any atom is -0.478 e. The molecular formula is C11H11F2NO2. The molecule has 1 aliphatic rings. The third-order valence-electron chi connectivity index (χ3n) is 2.75. The maximum Gasteiger partial charge on any atom is 0.338 e. The van der Waals surface area contributed by atoms with Gasteiger partial charge in [-0.15, -0.1) is 0 Å². The fourth-order valence-electron chi connectivity index (χ4n) is 1.95. The largest absolute Gasteiger partial charge is 0.478 e.